The lowest BCUT2D eigenvalue weighted by Crippen LogP contribution is -2.28. The molecule has 0 aromatic heterocycles. The van der Waals surface area contributed by atoms with Crippen molar-refractivity contribution < 1.29 is 19.1 Å². The fraction of sp³-hybridized carbons (Fsp3) is 0.318. The maximum Gasteiger partial charge on any atom is 0.338 e. The zero-order chi connectivity index (χ0) is 20.8. The topological polar surface area (TPSA) is 75.7 Å². The van der Waals surface area contributed by atoms with E-state index < -0.39 is 5.92 Å². The largest absolute Gasteiger partial charge is 0.462 e. The number of carbonyl (C=O) groups excluding carboxylic acids is 3. The third kappa shape index (κ3) is 5.44. The molecule has 0 saturated carbocycles. The van der Waals surface area contributed by atoms with Gasteiger partial charge in [0.05, 0.1) is 18.1 Å². The van der Waals surface area contributed by atoms with Crippen LogP contribution in [-0.4, -0.2) is 30.9 Å². The highest BCUT2D eigenvalue weighted by Crippen LogP contribution is 2.27. The van der Waals surface area contributed by atoms with Crippen LogP contribution in [0.15, 0.2) is 53.0 Å². The van der Waals surface area contributed by atoms with Crippen LogP contribution in [0.25, 0.3) is 0 Å². The van der Waals surface area contributed by atoms with E-state index in [0.717, 1.165) is 23.0 Å². The monoisotopic (exact) mass is 458 g/mol. The first-order chi connectivity index (χ1) is 14.0. The summed E-state index contributed by atoms with van der Waals surface area (Å²) >= 11 is 3.37. The van der Waals surface area contributed by atoms with E-state index in [0.29, 0.717) is 24.4 Å². The SMILES string of the molecule is CCCCOC(=O)c1ccc(NC(=O)C2CC(=O)N(c3ccc(Br)cc3)C2)cc1. The summed E-state index contributed by atoms with van der Waals surface area (Å²) in [6, 6.07) is 14.0. The van der Waals surface area contributed by atoms with Crippen molar-refractivity contribution in [2.75, 3.05) is 23.4 Å². The summed E-state index contributed by atoms with van der Waals surface area (Å²) in [6.45, 7) is 2.77. The molecule has 1 heterocycles. The fourth-order valence-electron chi connectivity index (χ4n) is 3.08. The fourth-order valence-corrected chi connectivity index (χ4v) is 3.34. The number of nitrogens with one attached hydrogen (secondary N) is 1. The van der Waals surface area contributed by atoms with Gasteiger partial charge in [-0.3, -0.25) is 9.59 Å². The Balaban J connectivity index is 1.57. The summed E-state index contributed by atoms with van der Waals surface area (Å²) in [5, 5.41) is 2.83. The number of carbonyl (C=O) groups is 3. The molecule has 0 radical (unpaired) electrons. The lowest BCUT2D eigenvalue weighted by molar-refractivity contribution is -0.122. The van der Waals surface area contributed by atoms with Crippen LogP contribution in [-0.2, 0) is 14.3 Å². The summed E-state index contributed by atoms with van der Waals surface area (Å²) < 4.78 is 6.10. The number of ether oxygens (including phenoxy) is 1. The molecule has 2 aromatic rings. The number of rotatable bonds is 7. The molecule has 1 aliphatic rings. The molecule has 1 saturated heterocycles. The molecule has 2 amide bonds. The zero-order valence-electron chi connectivity index (χ0n) is 16.2. The zero-order valence-corrected chi connectivity index (χ0v) is 17.8. The minimum absolute atomic E-state index is 0.0716. The van der Waals surface area contributed by atoms with Gasteiger partial charge in [0.1, 0.15) is 0 Å². The Morgan fingerprint density at radius 3 is 2.48 bits per heavy atom. The molecule has 3 rings (SSSR count). The molecule has 7 heteroatoms. The van der Waals surface area contributed by atoms with Crippen LogP contribution in [0, 0.1) is 5.92 Å². The molecule has 0 spiro atoms. The third-order valence-corrected chi connectivity index (χ3v) is 5.28. The number of hydrogen-bond acceptors (Lipinski definition) is 4. The standard InChI is InChI=1S/C22H23BrN2O4/c1-2-3-12-29-22(28)15-4-8-18(9-5-15)24-21(27)16-13-20(26)25(14-16)19-10-6-17(23)7-11-19/h4-11,16H,2-3,12-14H2,1H3,(H,24,27). The first-order valence-corrected chi connectivity index (χ1v) is 10.4. The second kappa shape index (κ2) is 9.69. The van der Waals surface area contributed by atoms with Crippen molar-refractivity contribution in [3.05, 3.63) is 58.6 Å². The van der Waals surface area contributed by atoms with Crippen molar-refractivity contribution in [1.82, 2.24) is 0 Å². The smallest absolute Gasteiger partial charge is 0.338 e. The number of halogens is 1. The van der Waals surface area contributed by atoms with E-state index in [1.165, 1.54) is 0 Å². The molecule has 0 aliphatic carbocycles. The predicted octanol–water partition coefficient (Wildman–Crippen LogP) is 4.40. The van der Waals surface area contributed by atoms with E-state index in [-0.39, 0.29) is 24.2 Å². The Morgan fingerprint density at radius 2 is 1.83 bits per heavy atom. The van der Waals surface area contributed by atoms with Gasteiger partial charge in [0, 0.05) is 28.8 Å². The summed E-state index contributed by atoms with van der Waals surface area (Å²) in [6.07, 6.45) is 1.96. The summed E-state index contributed by atoms with van der Waals surface area (Å²) in [5.41, 5.74) is 1.80. The molecule has 1 aliphatic heterocycles. The van der Waals surface area contributed by atoms with E-state index in [9.17, 15) is 14.4 Å². The Kier molecular flexibility index (Phi) is 7.04. The summed E-state index contributed by atoms with van der Waals surface area (Å²) in [5.74, 6) is -1.08. The van der Waals surface area contributed by atoms with Gasteiger partial charge < -0.3 is 15.0 Å². The van der Waals surface area contributed by atoms with Crippen LogP contribution in [0.1, 0.15) is 36.5 Å². The number of unbranched alkanes of at least 4 members (excludes halogenated alkanes) is 1. The molecule has 0 bridgehead atoms. The van der Waals surface area contributed by atoms with Gasteiger partial charge >= 0.3 is 5.97 Å². The predicted molar refractivity (Wildman–Crippen MR) is 115 cm³/mol. The highest BCUT2D eigenvalue weighted by Gasteiger charge is 2.35. The average Bonchev–Trinajstić information content (AvgIpc) is 3.11. The number of esters is 1. The van der Waals surface area contributed by atoms with Gasteiger partial charge in [-0.1, -0.05) is 29.3 Å². The lowest BCUT2D eigenvalue weighted by Gasteiger charge is -2.17. The second-order valence-electron chi connectivity index (χ2n) is 6.94. The summed E-state index contributed by atoms with van der Waals surface area (Å²) in [4.78, 5) is 38.5. The minimum atomic E-state index is -0.426. The van der Waals surface area contributed by atoms with Crippen LogP contribution in [0.3, 0.4) is 0 Å². The quantitative estimate of drug-likeness (QED) is 0.492. The molecular weight excluding hydrogens is 436 g/mol. The first-order valence-electron chi connectivity index (χ1n) is 9.62. The minimum Gasteiger partial charge on any atom is -0.462 e. The summed E-state index contributed by atoms with van der Waals surface area (Å²) in [7, 11) is 0. The van der Waals surface area contributed by atoms with Crippen molar-refractivity contribution in [3.8, 4) is 0 Å². The normalized spacial score (nSPS) is 16.0. The molecule has 6 nitrogen and oxygen atoms in total. The molecular formula is C22H23BrN2O4. The molecule has 2 aromatic carbocycles. The number of hydrogen-bond donors (Lipinski definition) is 1. The molecule has 1 unspecified atom stereocenters. The van der Waals surface area contributed by atoms with Gasteiger partial charge in [-0.05, 0) is 55.0 Å². The van der Waals surface area contributed by atoms with E-state index >= 15 is 0 Å². The van der Waals surface area contributed by atoms with E-state index in [1.54, 1.807) is 29.2 Å². The van der Waals surface area contributed by atoms with Crippen molar-refractivity contribution in [3.63, 3.8) is 0 Å². The highest BCUT2D eigenvalue weighted by molar-refractivity contribution is 9.10. The molecule has 152 valence electrons. The maximum absolute atomic E-state index is 12.6. The van der Waals surface area contributed by atoms with Gasteiger partial charge in [0.25, 0.3) is 0 Å². The Bertz CT molecular complexity index is 881. The lowest BCUT2D eigenvalue weighted by atomic mass is 10.1. The van der Waals surface area contributed by atoms with Crippen LogP contribution >= 0.6 is 15.9 Å². The molecule has 1 fully saturated rings. The maximum atomic E-state index is 12.6. The number of benzene rings is 2. The Labute approximate surface area is 178 Å². The van der Waals surface area contributed by atoms with E-state index in [4.69, 9.17) is 4.74 Å². The number of anilines is 2. The molecule has 1 atom stereocenters. The van der Waals surface area contributed by atoms with Crippen molar-refractivity contribution in [2.24, 2.45) is 5.92 Å². The molecule has 29 heavy (non-hydrogen) atoms. The Hall–Kier alpha value is -2.67. The van der Waals surface area contributed by atoms with Crippen LogP contribution in [0.5, 0.6) is 0 Å². The van der Waals surface area contributed by atoms with Gasteiger partial charge in [-0.25, -0.2) is 4.79 Å². The van der Waals surface area contributed by atoms with Gasteiger partial charge in [-0.2, -0.15) is 0 Å². The van der Waals surface area contributed by atoms with Crippen molar-refractivity contribution in [1.29, 1.82) is 0 Å². The van der Waals surface area contributed by atoms with Crippen molar-refractivity contribution >= 4 is 45.1 Å². The van der Waals surface area contributed by atoms with Crippen LogP contribution in [0.4, 0.5) is 11.4 Å². The number of nitrogens with zero attached hydrogens (tertiary/aromatic N) is 1. The average molecular weight is 459 g/mol. The van der Waals surface area contributed by atoms with Gasteiger partial charge in [0.15, 0.2) is 0 Å². The third-order valence-electron chi connectivity index (χ3n) is 4.75. The van der Waals surface area contributed by atoms with Gasteiger partial charge in [-0.15, -0.1) is 0 Å². The first kappa shape index (κ1) is 21.0. The van der Waals surface area contributed by atoms with Crippen LogP contribution in [0.2, 0.25) is 0 Å². The van der Waals surface area contributed by atoms with Crippen LogP contribution < -0.4 is 10.2 Å². The highest BCUT2D eigenvalue weighted by atomic mass is 79.9. The number of amides is 2. The molecule has 1 N–H and O–H groups in total. The van der Waals surface area contributed by atoms with Gasteiger partial charge in [0.2, 0.25) is 11.8 Å². The van der Waals surface area contributed by atoms with E-state index in [2.05, 4.69) is 21.2 Å². The Morgan fingerprint density at radius 1 is 1.14 bits per heavy atom. The second-order valence-corrected chi connectivity index (χ2v) is 7.85. The van der Waals surface area contributed by atoms with E-state index in [1.807, 2.05) is 31.2 Å². The van der Waals surface area contributed by atoms with Crippen molar-refractivity contribution in [2.45, 2.75) is 26.2 Å².